The second kappa shape index (κ2) is 7.28. The van der Waals surface area contributed by atoms with Crippen LogP contribution in [0.2, 0.25) is 0 Å². The van der Waals surface area contributed by atoms with Gasteiger partial charge in [-0.3, -0.25) is 14.4 Å². The number of hydrazone groups is 1. The van der Waals surface area contributed by atoms with Crippen molar-refractivity contribution >= 4 is 32.8 Å². The van der Waals surface area contributed by atoms with Gasteiger partial charge in [-0.25, -0.2) is 8.42 Å². The van der Waals surface area contributed by atoms with Gasteiger partial charge in [0.25, 0.3) is 10.0 Å². The number of aromatic nitrogens is 3. The number of benzene rings is 1. The van der Waals surface area contributed by atoms with Crippen LogP contribution < -0.4 is 10.1 Å². The number of sulfonamides is 1. The second-order valence-corrected chi connectivity index (χ2v) is 10.7. The summed E-state index contributed by atoms with van der Waals surface area (Å²) in [6, 6.07) is 9.18. The SMILES string of the molecule is COC1(c2cccnc2C2(S(=O)(=O)Nc3cccc4cnn(C)c34)C=NNC2)CC(C)C1. The molecular weight excluding hydrogens is 428 g/mol. The molecule has 1 saturated carbocycles. The highest BCUT2D eigenvalue weighted by Gasteiger charge is 2.54. The standard InChI is InChI=1S/C22H26N6O3S/c1-15-10-21(11-15,31-3)17-7-5-9-23-20(17)22(13-24-25-14-22)32(29,30)27-18-8-4-6-16-12-26-28(2)19(16)18/h4-9,12-13,15,25,27H,10-11,14H2,1-3H3. The Bertz CT molecular complexity index is 1310. The Morgan fingerprint density at radius 3 is 2.75 bits per heavy atom. The van der Waals surface area contributed by atoms with Crippen LogP contribution in [-0.2, 0) is 32.2 Å². The fourth-order valence-corrected chi connectivity index (χ4v) is 6.52. The molecule has 5 rings (SSSR count). The number of hydrogen-bond donors (Lipinski definition) is 2. The lowest BCUT2D eigenvalue weighted by atomic mass is 9.67. The maximum absolute atomic E-state index is 14.0. The Morgan fingerprint density at radius 2 is 2.06 bits per heavy atom. The van der Waals surface area contributed by atoms with E-state index in [1.54, 1.807) is 43.4 Å². The van der Waals surface area contributed by atoms with Crippen LogP contribution in [-0.4, -0.2) is 43.1 Å². The molecular formula is C22H26N6O3S. The number of para-hydroxylation sites is 1. The third-order valence-electron chi connectivity index (χ3n) is 6.64. The Hall–Kier alpha value is -2.98. The molecule has 0 spiro atoms. The van der Waals surface area contributed by atoms with E-state index in [0.29, 0.717) is 22.8 Å². The van der Waals surface area contributed by atoms with Crippen molar-refractivity contribution in [3.63, 3.8) is 0 Å². The molecule has 3 heterocycles. The van der Waals surface area contributed by atoms with Gasteiger partial charge >= 0.3 is 0 Å². The number of nitrogens with zero attached hydrogens (tertiary/aromatic N) is 4. The molecule has 1 aromatic carbocycles. The zero-order valence-corrected chi connectivity index (χ0v) is 19.1. The van der Waals surface area contributed by atoms with Crippen LogP contribution in [0.5, 0.6) is 0 Å². The van der Waals surface area contributed by atoms with E-state index in [0.717, 1.165) is 23.8 Å². The van der Waals surface area contributed by atoms with Gasteiger partial charge in [-0.2, -0.15) is 10.2 Å². The third-order valence-corrected chi connectivity index (χ3v) is 8.53. The molecule has 2 aliphatic rings. The van der Waals surface area contributed by atoms with E-state index in [1.807, 2.05) is 18.2 Å². The molecule has 1 fully saturated rings. The van der Waals surface area contributed by atoms with Crippen molar-refractivity contribution in [2.75, 3.05) is 18.4 Å². The first-order valence-electron chi connectivity index (χ1n) is 10.5. The van der Waals surface area contributed by atoms with Crippen LogP contribution in [0, 0.1) is 5.92 Å². The molecule has 0 bridgehead atoms. The Balaban J connectivity index is 1.64. The first-order chi connectivity index (χ1) is 15.3. The van der Waals surface area contributed by atoms with E-state index in [9.17, 15) is 8.42 Å². The predicted molar refractivity (Wildman–Crippen MR) is 123 cm³/mol. The summed E-state index contributed by atoms with van der Waals surface area (Å²) in [5.41, 5.74) is 4.68. The molecule has 1 unspecified atom stereocenters. The van der Waals surface area contributed by atoms with Gasteiger partial charge in [0.2, 0.25) is 0 Å². The number of anilines is 1. The molecule has 10 heteroatoms. The first-order valence-corrected chi connectivity index (χ1v) is 12.0. The first kappa shape index (κ1) is 20.9. The minimum absolute atomic E-state index is 0.0725. The van der Waals surface area contributed by atoms with E-state index in [4.69, 9.17) is 4.74 Å². The molecule has 1 aliphatic carbocycles. The monoisotopic (exact) mass is 454 g/mol. The lowest BCUT2D eigenvalue weighted by Crippen LogP contribution is -2.49. The summed E-state index contributed by atoms with van der Waals surface area (Å²) in [7, 11) is -0.567. The summed E-state index contributed by atoms with van der Waals surface area (Å²) in [6.45, 7) is 2.23. The molecule has 32 heavy (non-hydrogen) atoms. The minimum atomic E-state index is -4.02. The Morgan fingerprint density at radius 1 is 1.25 bits per heavy atom. The fraction of sp³-hybridized carbons (Fsp3) is 0.409. The van der Waals surface area contributed by atoms with Crippen LogP contribution in [0.15, 0.2) is 47.8 Å². The van der Waals surface area contributed by atoms with Crippen LogP contribution >= 0.6 is 0 Å². The van der Waals surface area contributed by atoms with E-state index < -0.39 is 20.4 Å². The van der Waals surface area contributed by atoms with Crippen LogP contribution in [0.4, 0.5) is 5.69 Å². The number of methoxy groups -OCH3 is 1. The highest BCUT2D eigenvalue weighted by atomic mass is 32.2. The Labute approximate surface area is 186 Å². The van der Waals surface area contributed by atoms with Crippen molar-refractivity contribution in [3.8, 4) is 0 Å². The largest absolute Gasteiger partial charge is 0.373 e. The summed E-state index contributed by atoms with van der Waals surface area (Å²) >= 11 is 0. The van der Waals surface area contributed by atoms with E-state index in [1.165, 1.54) is 6.21 Å². The number of pyridine rings is 1. The van der Waals surface area contributed by atoms with Gasteiger partial charge in [0.15, 0.2) is 4.75 Å². The molecule has 1 atom stereocenters. The summed E-state index contributed by atoms with van der Waals surface area (Å²) in [5.74, 6) is 0.492. The van der Waals surface area contributed by atoms with Crippen molar-refractivity contribution in [1.29, 1.82) is 0 Å². The van der Waals surface area contributed by atoms with Crippen LogP contribution in [0.1, 0.15) is 31.0 Å². The molecule has 168 valence electrons. The molecule has 3 aromatic rings. The highest BCUT2D eigenvalue weighted by Crippen LogP contribution is 2.51. The van der Waals surface area contributed by atoms with Crippen molar-refractivity contribution in [2.24, 2.45) is 18.1 Å². The number of rotatable bonds is 6. The van der Waals surface area contributed by atoms with Crippen molar-refractivity contribution in [1.82, 2.24) is 20.2 Å². The van der Waals surface area contributed by atoms with Crippen LogP contribution in [0.3, 0.4) is 0 Å². The summed E-state index contributed by atoms with van der Waals surface area (Å²) < 4.78 is 36.9. The number of ether oxygens (including phenoxy) is 1. The van der Waals surface area contributed by atoms with Crippen molar-refractivity contribution < 1.29 is 13.2 Å². The van der Waals surface area contributed by atoms with Gasteiger partial charge in [-0.15, -0.1) is 0 Å². The number of nitrogens with one attached hydrogen (secondary N) is 2. The third kappa shape index (κ3) is 2.93. The van der Waals surface area contributed by atoms with Gasteiger partial charge in [0.1, 0.15) is 0 Å². The van der Waals surface area contributed by atoms with E-state index in [2.05, 4.69) is 32.3 Å². The van der Waals surface area contributed by atoms with Gasteiger partial charge in [0.05, 0.1) is 41.5 Å². The van der Waals surface area contributed by atoms with Crippen LogP contribution in [0.25, 0.3) is 10.9 Å². The Kier molecular flexibility index (Phi) is 4.75. The zero-order valence-electron chi connectivity index (χ0n) is 18.2. The smallest absolute Gasteiger partial charge is 0.251 e. The lowest BCUT2D eigenvalue weighted by Gasteiger charge is -2.47. The van der Waals surface area contributed by atoms with Gasteiger partial charge in [-0.05, 0) is 30.9 Å². The molecule has 0 saturated heterocycles. The number of fused-ring (bicyclic) bond motifs is 1. The highest BCUT2D eigenvalue weighted by molar-refractivity contribution is 7.94. The maximum Gasteiger partial charge on any atom is 0.251 e. The van der Waals surface area contributed by atoms with Gasteiger partial charge in [0, 0.05) is 31.3 Å². The molecule has 2 N–H and O–H groups in total. The van der Waals surface area contributed by atoms with Crippen molar-refractivity contribution in [2.45, 2.75) is 30.1 Å². The minimum Gasteiger partial charge on any atom is -0.373 e. The van der Waals surface area contributed by atoms with E-state index in [-0.39, 0.29) is 6.54 Å². The predicted octanol–water partition coefficient (Wildman–Crippen LogP) is 2.47. The number of hydrogen-bond acceptors (Lipinski definition) is 7. The molecule has 0 amide bonds. The quantitative estimate of drug-likeness (QED) is 0.592. The van der Waals surface area contributed by atoms with E-state index >= 15 is 0 Å². The molecule has 9 nitrogen and oxygen atoms in total. The maximum atomic E-state index is 14.0. The van der Waals surface area contributed by atoms with Gasteiger partial charge in [-0.1, -0.05) is 25.1 Å². The topological polar surface area (TPSA) is 110 Å². The normalized spacial score (nSPS) is 27.3. The average molecular weight is 455 g/mol. The summed E-state index contributed by atoms with van der Waals surface area (Å²) in [5, 5.41) is 9.21. The van der Waals surface area contributed by atoms with Gasteiger partial charge < -0.3 is 10.2 Å². The average Bonchev–Trinajstić information content (AvgIpc) is 3.40. The molecule has 1 aliphatic heterocycles. The lowest BCUT2D eigenvalue weighted by molar-refractivity contribution is -0.108. The molecule has 0 radical (unpaired) electrons. The second-order valence-electron chi connectivity index (χ2n) is 8.71. The molecule has 2 aromatic heterocycles. The fourth-order valence-electron chi connectivity index (χ4n) is 5.02. The van der Waals surface area contributed by atoms with Crippen molar-refractivity contribution in [3.05, 3.63) is 54.0 Å². The zero-order chi connectivity index (χ0) is 22.6. The summed E-state index contributed by atoms with van der Waals surface area (Å²) in [6.07, 6.45) is 6.39. The number of aryl methyl sites for hydroxylation is 1. The summed E-state index contributed by atoms with van der Waals surface area (Å²) in [4.78, 5) is 4.58.